The van der Waals surface area contributed by atoms with E-state index in [-0.39, 0.29) is 41.2 Å². The lowest BCUT2D eigenvalue weighted by Gasteiger charge is -2.56. The predicted octanol–water partition coefficient (Wildman–Crippen LogP) is 7.63. The van der Waals surface area contributed by atoms with E-state index < -0.39 is 31.4 Å². The lowest BCUT2D eigenvalue weighted by molar-refractivity contribution is -0.384. The van der Waals surface area contributed by atoms with Crippen molar-refractivity contribution in [2.24, 2.45) is 5.41 Å². The molecule has 362 valence electrons. The average molecular weight is 958 g/mol. The second-order valence-electron chi connectivity index (χ2n) is 19.9. The molecular formula is C51H59N9O8S. The van der Waals surface area contributed by atoms with Crippen LogP contribution >= 0.6 is 0 Å². The van der Waals surface area contributed by atoms with Crippen molar-refractivity contribution in [2.45, 2.75) is 81.5 Å². The molecule has 0 bridgehead atoms. The van der Waals surface area contributed by atoms with Gasteiger partial charge in [0.1, 0.15) is 24.0 Å². The number of fused-ring (bicyclic) bond motifs is 3. The normalized spacial score (nSPS) is 22.8. The van der Waals surface area contributed by atoms with Crippen LogP contribution in [0.5, 0.6) is 11.6 Å². The summed E-state index contributed by atoms with van der Waals surface area (Å²) in [5.41, 5.74) is 6.50. The van der Waals surface area contributed by atoms with E-state index in [4.69, 9.17) is 19.2 Å². The van der Waals surface area contributed by atoms with Crippen molar-refractivity contribution >= 4 is 61.0 Å². The lowest BCUT2D eigenvalue weighted by Crippen LogP contribution is -2.55. The monoisotopic (exact) mass is 957 g/mol. The van der Waals surface area contributed by atoms with Gasteiger partial charge in [-0.1, -0.05) is 36.4 Å². The van der Waals surface area contributed by atoms with E-state index in [2.05, 4.69) is 67.5 Å². The summed E-state index contributed by atoms with van der Waals surface area (Å²) < 4.78 is 48.3. The van der Waals surface area contributed by atoms with E-state index in [0.29, 0.717) is 61.3 Å². The van der Waals surface area contributed by atoms with Gasteiger partial charge >= 0.3 is 0 Å². The van der Waals surface area contributed by atoms with Crippen LogP contribution in [0.15, 0.2) is 84.4 Å². The number of nitrogens with zero attached hydrogens (tertiary/aromatic N) is 6. The molecule has 6 aliphatic rings. The Balaban J connectivity index is 0.849. The fourth-order valence-corrected chi connectivity index (χ4v) is 12.7. The highest BCUT2D eigenvalue weighted by molar-refractivity contribution is 7.90. The molecule has 4 fully saturated rings. The fourth-order valence-electron chi connectivity index (χ4n) is 11.7. The number of anilines is 4. The number of hydrogen-bond donors (Lipinski definition) is 3. The number of piperidine rings is 1. The summed E-state index contributed by atoms with van der Waals surface area (Å²) in [5.74, 6) is -0.478. The molecule has 3 atom stereocenters. The highest BCUT2D eigenvalue weighted by atomic mass is 32.2. The number of likely N-dealkylation sites (tertiary alicyclic amines) is 1. The summed E-state index contributed by atoms with van der Waals surface area (Å²) in [6.45, 7) is 14.9. The third kappa shape index (κ3) is 8.65. The van der Waals surface area contributed by atoms with Gasteiger partial charge < -0.3 is 34.3 Å². The number of rotatable bonds is 11. The highest BCUT2D eigenvalue weighted by Crippen LogP contribution is 2.54. The molecule has 17 nitrogen and oxygen atoms in total. The minimum absolute atomic E-state index is 0.0214. The van der Waals surface area contributed by atoms with E-state index in [9.17, 15) is 23.3 Å². The molecule has 3 N–H and O–H groups in total. The van der Waals surface area contributed by atoms with E-state index >= 15 is 0 Å². The number of pyridine rings is 1. The topological polar surface area (TPSA) is 188 Å². The van der Waals surface area contributed by atoms with Gasteiger partial charge in [0.15, 0.2) is 11.4 Å². The Kier molecular flexibility index (Phi) is 11.8. The lowest BCUT2D eigenvalue weighted by atomic mass is 9.59. The standard InChI is InChI=1S/C51H59N9O8S/c1-32(2)39-7-4-5-8-40(39)42-9-6-16-58(42)37-27-51(28-37)13-17-57(18-14-51)36-10-11-41(43(24-36)59-29-33(3)68-50-45(59)23-34-12-15-52-48(34)54-50)49(61)55-69(64,65)38-25-44(60(62)63)47-46(26-38)67-31-35(53-47)30-56-19-21-66-22-20-56/h4-5,7-8,10-12,15,23-26,33,35,37,42,53H,1,6,9,13-14,16-22,27-31H2,2-3H3,(H,52,54)(H,55,61)/t33-,35+,42+/m1/s1. The average Bonchev–Trinajstić information content (AvgIpc) is 4.02. The molecule has 3 saturated heterocycles. The second kappa shape index (κ2) is 17.9. The quantitative estimate of drug-likeness (QED) is 0.0866. The Bertz CT molecular complexity index is 2940. The molecule has 1 spiro atoms. The predicted molar refractivity (Wildman–Crippen MR) is 264 cm³/mol. The fraction of sp³-hybridized carbons (Fsp3) is 0.451. The molecule has 18 heteroatoms. The van der Waals surface area contributed by atoms with Gasteiger partial charge in [-0.05, 0) is 106 Å². The maximum Gasteiger partial charge on any atom is 0.297 e. The minimum atomic E-state index is -4.66. The number of nitro benzene ring substituents is 1. The van der Waals surface area contributed by atoms with Crippen LogP contribution in [-0.4, -0.2) is 123 Å². The van der Waals surface area contributed by atoms with Gasteiger partial charge in [-0.25, -0.2) is 13.1 Å². The minimum Gasteiger partial charge on any atom is -0.489 e. The van der Waals surface area contributed by atoms with Crippen molar-refractivity contribution in [1.82, 2.24) is 24.5 Å². The van der Waals surface area contributed by atoms with Crippen molar-refractivity contribution < 1.29 is 32.3 Å². The van der Waals surface area contributed by atoms with Gasteiger partial charge in [0.2, 0.25) is 5.88 Å². The summed E-state index contributed by atoms with van der Waals surface area (Å²) >= 11 is 0. The number of hydrogen-bond acceptors (Lipinski definition) is 14. The summed E-state index contributed by atoms with van der Waals surface area (Å²) in [6.07, 6.45) is 8.30. The number of aromatic nitrogens is 2. The van der Waals surface area contributed by atoms with Gasteiger partial charge in [0.25, 0.3) is 21.6 Å². The molecule has 5 aromatic rings. The summed E-state index contributed by atoms with van der Waals surface area (Å²) in [4.78, 5) is 43.1. The zero-order valence-corrected chi connectivity index (χ0v) is 39.9. The third-order valence-electron chi connectivity index (χ3n) is 15.3. The molecule has 5 aliphatic heterocycles. The first-order valence-electron chi connectivity index (χ1n) is 24.2. The Morgan fingerprint density at radius 1 is 1.00 bits per heavy atom. The van der Waals surface area contributed by atoms with Gasteiger partial charge in [-0.3, -0.25) is 24.7 Å². The van der Waals surface area contributed by atoms with Gasteiger partial charge in [-0.15, -0.1) is 0 Å². The molecule has 1 amide bonds. The first-order valence-corrected chi connectivity index (χ1v) is 25.7. The SMILES string of the molecule is C=C(C)c1ccccc1[C@@H]1CCCN1C1CC2(CCN(c3ccc(C(=O)NS(=O)(=O)c4cc5c(c([N+](=O)[O-])c4)N[C@@H](CN4CCOCC4)CO5)c(N4C[C@@H](C)Oc5nc6[nH]ccc6cc54)c3)CC2)C1. The van der Waals surface area contributed by atoms with E-state index in [1.54, 1.807) is 12.3 Å². The molecule has 0 unspecified atom stereocenters. The Hall–Kier alpha value is -6.21. The van der Waals surface area contributed by atoms with Crippen LogP contribution in [0.3, 0.4) is 0 Å². The summed E-state index contributed by atoms with van der Waals surface area (Å²) in [7, 11) is -4.66. The number of nitrogens with one attached hydrogen (secondary N) is 3. The first kappa shape index (κ1) is 45.2. The van der Waals surface area contributed by atoms with E-state index in [1.165, 1.54) is 42.9 Å². The molecule has 3 aromatic carbocycles. The Morgan fingerprint density at radius 3 is 2.58 bits per heavy atom. The van der Waals surface area contributed by atoms with Gasteiger partial charge in [0, 0.05) is 74.2 Å². The van der Waals surface area contributed by atoms with E-state index in [0.717, 1.165) is 68.3 Å². The van der Waals surface area contributed by atoms with Crippen LogP contribution in [0, 0.1) is 15.5 Å². The third-order valence-corrected chi connectivity index (χ3v) is 16.6. The van der Waals surface area contributed by atoms with Crippen molar-refractivity contribution in [3.8, 4) is 11.6 Å². The Labute approximate surface area is 402 Å². The number of carbonyl (C=O) groups excluding carboxylic acids is 1. The highest BCUT2D eigenvalue weighted by Gasteiger charge is 2.50. The maximum absolute atomic E-state index is 14.5. The van der Waals surface area contributed by atoms with E-state index in [1.807, 2.05) is 36.1 Å². The molecular weight excluding hydrogens is 899 g/mol. The zero-order valence-electron chi connectivity index (χ0n) is 39.1. The van der Waals surface area contributed by atoms with Crippen LogP contribution in [0.1, 0.15) is 79.9 Å². The van der Waals surface area contributed by atoms with Crippen molar-refractivity contribution in [3.63, 3.8) is 0 Å². The summed E-state index contributed by atoms with van der Waals surface area (Å²) in [6, 6.07) is 21.1. The van der Waals surface area contributed by atoms with Crippen molar-refractivity contribution in [1.29, 1.82) is 0 Å². The van der Waals surface area contributed by atoms with Crippen molar-refractivity contribution in [2.75, 3.05) is 80.8 Å². The van der Waals surface area contributed by atoms with Gasteiger partial charge in [-0.2, -0.15) is 4.98 Å². The summed E-state index contributed by atoms with van der Waals surface area (Å²) in [5, 5.41) is 16.5. The number of amides is 1. The number of carbonyl (C=O) groups is 1. The van der Waals surface area contributed by atoms with Crippen LogP contribution in [0.4, 0.5) is 28.4 Å². The number of morpholine rings is 1. The number of benzene rings is 3. The smallest absolute Gasteiger partial charge is 0.297 e. The number of allylic oxidation sites excluding steroid dienone is 1. The van der Waals surface area contributed by atoms with Crippen LogP contribution in [0.2, 0.25) is 0 Å². The maximum atomic E-state index is 14.5. The van der Waals surface area contributed by atoms with Crippen LogP contribution < -0.4 is 29.3 Å². The zero-order chi connectivity index (χ0) is 47.6. The van der Waals surface area contributed by atoms with Crippen LogP contribution in [0.25, 0.3) is 16.6 Å². The molecule has 69 heavy (non-hydrogen) atoms. The molecule has 1 aliphatic carbocycles. The number of sulfonamides is 1. The molecule has 1 saturated carbocycles. The number of H-pyrrole nitrogens is 1. The number of aromatic amines is 1. The largest absolute Gasteiger partial charge is 0.489 e. The molecule has 7 heterocycles. The molecule has 11 rings (SSSR count). The number of nitro groups is 1. The molecule has 0 radical (unpaired) electrons. The second-order valence-corrected chi connectivity index (χ2v) is 21.5. The van der Waals surface area contributed by atoms with Crippen LogP contribution in [-0.2, 0) is 14.8 Å². The first-order chi connectivity index (χ1) is 33.3. The van der Waals surface area contributed by atoms with Crippen molar-refractivity contribution in [3.05, 3.63) is 106 Å². The van der Waals surface area contributed by atoms with Gasteiger partial charge in [0.05, 0.1) is 46.9 Å². The Morgan fingerprint density at radius 2 is 1.80 bits per heavy atom. The number of ether oxygens (including phenoxy) is 3. The molecule has 2 aromatic heterocycles.